The lowest BCUT2D eigenvalue weighted by atomic mass is 10.2. The van der Waals surface area contributed by atoms with Gasteiger partial charge in [-0.1, -0.05) is 13.0 Å². The molecule has 1 rings (SSSR count). The summed E-state index contributed by atoms with van der Waals surface area (Å²) < 4.78 is 11.1. The highest BCUT2D eigenvalue weighted by molar-refractivity contribution is 5.77. The van der Waals surface area contributed by atoms with Crippen molar-refractivity contribution in [2.24, 2.45) is 0 Å². The number of amides is 1. The number of benzene rings is 1. The molecule has 0 bridgehead atoms. The molecule has 0 saturated heterocycles. The van der Waals surface area contributed by atoms with Gasteiger partial charge in [0.15, 0.2) is 18.1 Å². The molecule has 0 saturated carbocycles. The summed E-state index contributed by atoms with van der Waals surface area (Å²) in [6, 6.07) is 5.80. The second-order valence-corrected chi connectivity index (χ2v) is 4.63. The van der Waals surface area contributed by atoms with E-state index in [9.17, 15) is 4.79 Å². The Hall–Kier alpha value is -1.75. The maximum absolute atomic E-state index is 11.4. The first kappa shape index (κ1) is 17.3. The summed E-state index contributed by atoms with van der Waals surface area (Å²) in [6.07, 6.45) is 1.10. The molecule has 21 heavy (non-hydrogen) atoms. The molecule has 0 atom stereocenters. The molecule has 2 N–H and O–H groups in total. The Labute approximate surface area is 127 Å². The third-order valence-electron chi connectivity index (χ3n) is 2.80. The molecule has 0 unspecified atom stereocenters. The van der Waals surface area contributed by atoms with Crippen LogP contribution in [0.2, 0.25) is 0 Å². The number of carbonyl (C=O) groups is 1. The van der Waals surface area contributed by atoms with Gasteiger partial charge in [-0.15, -0.1) is 0 Å². The smallest absolute Gasteiger partial charge is 0.257 e. The largest absolute Gasteiger partial charge is 0.490 e. The number of rotatable bonds is 10. The molecule has 5 heteroatoms. The van der Waals surface area contributed by atoms with Crippen molar-refractivity contribution in [3.63, 3.8) is 0 Å². The lowest BCUT2D eigenvalue weighted by Gasteiger charge is -2.13. The highest BCUT2D eigenvalue weighted by atomic mass is 16.5. The molecular weight excluding hydrogens is 268 g/mol. The van der Waals surface area contributed by atoms with Crippen LogP contribution in [0.25, 0.3) is 0 Å². The Bertz CT molecular complexity index is 436. The van der Waals surface area contributed by atoms with E-state index in [2.05, 4.69) is 17.6 Å². The fourth-order valence-corrected chi connectivity index (χ4v) is 1.85. The molecule has 1 aromatic rings. The quantitative estimate of drug-likeness (QED) is 0.649. The maximum atomic E-state index is 11.4. The van der Waals surface area contributed by atoms with Gasteiger partial charge in [-0.25, -0.2) is 0 Å². The van der Waals surface area contributed by atoms with Gasteiger partial charge in [0, 0.05) is 13.1 Å². The van der Waals surface area contributed by atoms with Gasteiger partial charge in [0.2, 0.25) is 0 Å². The van der Waals surface area contributed by atoms with Crippen molar-refractivity contribution in [2.75, 3.05) is 26.3 Å². The first-order valence-electron chi connectivity index (χ1n) is 7.57. The molecule has 0 aromatic heterocycles. The maximum Gasteiger partial charge on any atom is 0.257 e. The van der Waals surface area contributed by atoms with E-state index >= 15 is 0 Å². The van der Waals surface area contributed by atoms with Gasteiger partial charge < -0.3 is 20.1 Å². The zero-order chi connectivity index (χ0) is 15.5. The van der Waals surface area contributed by atoms with Crippen molar-refractivity contribution < 1.29 is 14.3 Å². The summed E-state index contributed by atoms with van der Waals surface area (Å²) in [5.41, 5.74) is 1.14. The van der Waals surface area contributed by atoms with Crippen LogP contribution in [0, 0.1) is 0 Å². The van der Waals surface area contributed by atoms with Gasteiger partial charge >= 0.3 is 0 Å². The van der Waals surface area contributed by atoms with E-state index in [1.165, 1.54) is 0 Å². The third kappa shape index (κ3) is 6.49. The van der Waals surface area contributed by atoms with Gasteiger partial charge in [-0.2, -0.15) is 0 Å². The summed E-state index contributed by atoms with van der Waals surface area (Å²) >= 11 is 0. The fraction of sp³-hybridized carbons (Fsp3) is 0.562. The Kier molecular flexibility index (Phi) is 8.28. The normalized spacial score (nSPS) is 10.2. The molecule has 0 aliphatic heterocycles. The summed E-state index contributed by atoms with van der Waals surface area (Å²) in [5, 5.41) is 6.04. The lowest BCUT2D eigenvalue weighted by Crippen LogP contribution is -2.28. The SMILES string of the molecule is CCCNCc1ccc(OCC(=O)NCC)c(OCC)c1. The van der Waals surface area contributed by atoms with Crippen LogP contribution in [0.5, 0.6) is 11.5 Å². The van der Waals surface area contributed by atoms with Crippen LogP contribution in [0.1, 0.15) is 32.8 Å². The predicted octanol–water partition coefficient (Wildman–Crippen LogP) is 2.10. The predicted molar refractivity (Wildman–Crippen MR) is 83.8 cm³/mol. The van der Waals surface area contributed by atoms with Crippen LogP contribution < -0.4 is 20.1 Å². The minimum absolute atomic E-state index is 0.00133. The van der Waals surface area contributed by atoms with Gasteiger partial charge in [0.25, 0.3) is 5.91 Å². The van der Waals surface area contributed by atoms with Crippen molar-refractivity contribution in [3.05, 3.63) is 23.8 Å². The van der Waals surface area contributed by atoms with Crippen LogP contribution in [0.4, 0.5) is 0 Å². The van der Waals surface area contributed by atoms with Gasteiger partial charge in [-0.3, -0.25) is 4.79 Å². The van der Waals surface area contributed by atoms with Crippen molar-refractivity contribution in [2.45, 2.75) is 33.7 Å². The molecule has 0 fully saturated rings. The van der Waals surface area contributed by atoms with Crippen LogP contribution >= 0.6 is 0 Å². The van der Waals surface area contributed by atoms with E-state index in [1.807, 2.05) is 32.0 Å². The van der Waals surface area contributed by atoms with Gasteiger partial charge in [-0.05, 0) is 44.5 Å². The van der Waals surface area contributed by atoms with E-state index in [0.29, 0.717) is 24.7 Å². The van der Waals surface area contributed by atoms with E-state index in [4.69, 9.17) is 9.47 Å². The van der Waals surface area contributed by atoms with E-state index in [1.54, 1.807) is 0 Å². The molecule has 0 spiro atoms. The first-order valence-corrected chi connectivity index (χ1v) is 7.57. The number of hydrogen-bond donors (Lipinski definition) is 2. The summed E-state index contributed by atoms with van der Waals surface area (Å²) in [5.74, 6) is 1.15. The Morgan fingerprint density at radius 3 is 2.62 bits per heavy atom. The van der Waals surface area contributed by atoms with E-state index in [-0.39, 0.29) is 12.5 Å². The highest BCUT2D eigenvalue weighted by Gasteiger charge is 2.08. The Morgan fingerprint density at radius 1 is 1.14 bits per heavy atom. The number of likely N-dealkylation sites (N-methyl/N-ethyl adjacent to an activating group) is 1. The minimum atomic E-state index is -0.131. The summed E-state index contributed by atoms with van der Waals surface area (Å²) in [4.78, 5) is 11.4. The zero-order valence-corrected chi connectivity index (χ0v) is 13.2. The van der Waals surface area contributed by atoms with Crippen LogP contribution in [0.15, 0.2) is 18.2 Å². The molecule has 118 valence electrons. The molecule has 1 aromatic carbocycles. The van der Waals surface area contributed by atoms with Crippen LogP contribution in [-0.4, -0.2) is 32.2 Å². The summed E-state index contributed by atoms with van der Waals surface area (Å²) in [7, 11) is 0. The molecular formula is C16H26N2O3. The van der Waals surface area contributed by atoms with E-state index in [0.717, 1.165) is 25.1 Å². The number of carbonyl (C=O) groups excluding carboxylic acids is 1. The lowest BCUT2D eigenvalue weighted by molar-refractivity contribution is -0.123. The van der Waals surface area contributed by atoms with Crippen LogP contribution in [-0.2, 0) is 11.3 Å². The first-order chi connectivity index (χ1) is 10.2. The Morgan fingerprint density at radius 2 is 1.95 bits per heavy atom. The van der Waals surface area contributed by atoms with Gasteiger partial charge in [0.05, 0.1) is 6.61 Å². The minimum Gasteiger partial charge on any atom is -0.490 e. The zero-order valence-electron chi connectivity index (χ0n) is 13.2. The van der Waals surface area contributed by atoms with Crippen molar-refractivity contribution >= 4 is 5.91 Å². The molecule has 0 aliphatic rings. The monoisotopic (exact) mass is 294 g/mol. The van der Waals surface area contributed by atoms with Crippen LogP contribution in [0.3, 0.4) is 0 Å². The van der Waals surface area contributed by atoms with Crippen molar-refractivity contribution in [1.82, 2.24) is 10.6 Å². The average Bonchev–Trinajstić information content (AvgIpc) is 2.47. The fourth-order valence-electron chi connectivity index (χ4n) is 1.85. The molecule has 0 aliphatic carbocycles. The summed E-state index contributed by atoms with van der Waals surface area (Å²) in [6.45, 7) is 8.88. The number of ether oxygens (including phenoxy) is 2. The van der Waals surface area contributed by atoms with E-state index < -0.39 is 0 Å². The van der Waals surface area contributed by atoms with Gasteiger partial charge in [0.1, 0.15) is 0 Å². The Balaban J connectivity index is 2.67. The highest BCUT2D eigenvalue weighted by Crippen LogP contribution is 2.28. The molecule has 0 heterocycles. The van der Waals surface area contributed by atoms with Crippen molar-refractivity contribution in [3.8, 4) is 11.5 Å². The second kappa shape index (κ2) is 10.0. The number of hydrogen-bond acceptors (Lipinski definition) is 4. The standard InChI is InChI=1S/C16H26N2O3/c1-4-9-17-11-13-7-8-14(15(10-13)20-6-3)21-12-16(19)18-5-2/h7-8,10,17H,4-6,9,11-12H2,1-3H3,(H,18,19). The molecule has 0 radical (unpaired) electrons. The average molecular weight is 294 g/mol. The third-order valence-corrected chi connectivity index (χ3v) is 2.80. The van der Waals surface area contributed by atoms with Crippen molar-refractivity contribution in [1.29, 1.82) is 0 Å². The molecule has 1 amide bonds. The molecule has 5 nitrogen and oxygen atoms in total. The topological polar surface area (TPSA) is 59.6 Å². The second-order valence-electron chi connectivity index (χ2n) is 4.63. The number of nitrogens with one attached hydrogen (secondary N) is 2.